The number of methoxy groups -OCH3 is 1. The topological polar surface area (TPSA) is 58.6 Å². The fourth-order valence-corrected chi connectivity index (χ4v) is 4.55. The molecule has 0 unspecified atom stereocenters. The first-order valence-electron chi connectivity index (χ1n) is 8.91. The summed E-state index contributed by atoms with van der Waals surface area (Å²) in [5, 5.41) is 0. The van der Waals surface area contributed by atoms with E-state index in [9.17, 15) is 8.42 Å². The van der Waals surface area contributed by atoms with Gasteiger partial charge in [0.15, 0.2) is 0 Å². The Morgan fingerprint density at radius 3 is 2.31 bits per heavy atom. The Balaban J connectivity index is 1.74. The molecule has 1 saturated heterocycles. The molecule has 0 atom stereocenters. The first kappa shape index (κ1) is 18.6. The zero-order valence-electron chi connectivity index (χ0n) is 15.5. The van der Waals surface area contributed by atoms with Gasteiger partial charge in [0.2, 0.25) is 0 Å². The van der Waals surface area contributed by atoms with Crippen LogP contribution in [0.1, 0.15) is 25.3 Å². The second-order valence-electron chi connectivity index (χ2n) is 6.95. The van der Waals surface area contributed by atoms with Gasteiger partial charge in [0.05, 0.1) is 12.0 Å². The Morgan fingerprint density at radius 2 is 1.73 bits per heavy atom. The molecule has 0 amide bonds. The normalized spacial score (nSPS) is 15.7. The first-order chi connectivity index (χ1) is 12.4. The van der Waals surface area contributed by atoms with Gasteiger partial charge in [-0.15, -0.1) is 0 Å². The fraction of sp³-hybridized carbons (Fsp3) is 0.400. The standard InChI is InChI=1S/C20H26N2O3S/c1-15-10-12-22(13-11-15)18-6-4-17(5-7-18)21-26(23,24)20-9-8-19(25-3)14-16(20)2/h4-9,14-15,21H,10-13H2,1-3H3. The number of nitrogens with one attached hydrogen (secondary N) is 1. The van der Waals surface area contributed by atoms with E-state index in [0.717, 1.165) is 24.7 Å². The Kier molecular flexibility index (Phi) is 5.41. The highest BCUT2D eigenvalue weighted by Gasteiger charge is 2.19. The van der Waals surface area contributed by atoms with Crippen molar-refractivity contribution in [3.8, 4) is 5.75 Å². The van der Waals surface area contributed by atoms with Crippen molar-refractivity contribution in [3.63, 3.8) is 0 Å². The fourth-order valence-electron chi connectivity index (χ4n) is 3.27. The van der Waals surface area contributed by atoms with Crippen LogP contribution in [0.15, 0.2) is 47.4 Å². The number of rotatable bonds is 5. The van der Waals surface area contributed by atoms with Crippen LogP contribution in [0, 0.1) is 12.8 Å². The summed E-state index contributed by atoms with van der Waals surface area (Å²) in [6.07, 6.45) is 2.40. The van der Waals surface area contributed by atoms with Crippen molar-refractivity contribution in [2.45, 2.75) is 31.6 Å². The first-order valence-corrected chi connectivity index (χ1v) is 10.4. The molecular weight excluding hydrogens is 348 g/mol. The van der Waals surface area contributed by atoms with Gasteiger partial charge in [-0.1, -0.05) is 6.92 Å². The molecule has 0 aliphatic carbocycles. The van der Waals surface area contributed by atoms with Crippen molar-refractivity contribution in [2.24, 2.45) is 5.92 Å². The highest BCUT2D eigenvalue weighted by Crippen LogP contribution is 2.26. The molecule has 6 heteroatoms. The minimum Gasteiger partial charge on any atom is -0.497 e. The van der Waals surface area contributed by atoms with Crippen molar-refractivity contribution in [2.75, 3.05) is 29.8 Å². The van der Waals surface area contributed by atoms with E-state index in [1.807, 2.05) is 24.3 Å². The van der Waals surface area contributed by atoms with E-state index in [1.165, 1.54) is 12.8 Å². The van der Waals surface area contributed by atoms with Crippen LogP contribution in [0.25, 0.3) is 0 Å². The number of ether oxygens (including phenoxy) is 1. The summed E-state index contributed by atoms with van der Waals surface area (Å²) in [5.41, 5.74) is 2.35. The van der Waals surface area contributed by atoms with E-state index in [2.05, 4.69) is 16.5 Å². The van der Waals surface area contributed by atoms with Gasteiger partial charge in [0.25, 0.3) is 10.0 Å². The van der Waals surface area contributed by atoms with E-state index in [0.29, 0.717) is 17.0 Å². The third kappa shape index (κ3) is 4.12. The lowest BCUT2D eigenvalue weighted by molar-refractivity contribution is 0.414. The quantitative estimate of drug-likeness (QED) is 0.858. The Morgan fingerprint density at radius 1 is 1.08 bits per heavy atom. The van der Waals surface area contributed by atoms with Crippen LogP contribution >= 0.6 is 0 Å². The molecule has 2 aromatic carbocycles. The molecule has 1 fully saturated rings. The number of benzene rings is 2. The summed E-state index contributed by atoms with van der Waals surface area (Å²) in [5.74, 6) is 1.42. The third-order valence-electron chi connectivity index (χ3n) is 4.94. The summed E-state index contributed by atoms with van der Waals surface area (Å²) < 4.78 is 33.2. The molecule has 1 N–H and O–H groups in total. The minimum atomic E-state index is -3.63. The van der Waals surface area contributed by atoms with Gasteiger partial charge in [0, 0.05) is 24.5 Å². The van der Waals surface area contributed by atoms with Crippen LogP contribution in [0.5, 0.6) is 5.75 Å². The minimum absolute atomic E-state index is 0.257. The molecule has 5 nitrogen and oxygen atoms in total. The van der Waals surface area contributed by atoms with Crippen LogP contribution < -0.4 is 14.4 Å². The molecular formula is C20H26N2O3S. The van der Waals surface area contributed by atoms with E-state index in [1.54, 1.807) is 32.2 Å². The van der Waals surface area contributed by atoms with E-state index < -0.39 is 10.0 Å². The molecule has 1 heterocycles. The number of sulfonamides is 1. The number of hydrogen-bond donors (Lipinski definition) is 1. The van der Waals surface area contributed by atoms with Crippen molar-refractivity contribution in [1.82, 2.24) is 0 Å². The number of piperidine rings is 1. The molecule has 1 aliphatic heterocycles. The van der Waals surface area contributed by atoms with Crippen molar-refractivity contribution >= 4 is 21.4 Å². The van der Waals surface area contributed by atoms with Crippen LogP contribution in [-0.2, 0) is 10.0 Å². The van der Waals surface area contributed by atoms with Gasteiger partial charge < -0.3 is 9.64 Å². The molecule has 140 valence electrons. The van der Waals surface area contributed by atoms with Gasteiger partial charge in [-0.2, -0.15) is 0 Å². The van der Waals surface area contributed by atoms with Crippen LogP contribution in [0.4, 0.5) is 11.4 Å². The molecule has 1 aliphatic rings. The van der Waals surface area contributed by atoms with Gasteiger partial charge in [-0.25, -0.2) is 8.42 Å². The maximum atomic E-state index is 12.7. The van der Waals surface area contributed by atoms with Gasteiger partial charge in [-0.05, 0) is 73.7 Å². The predicted octanol–water partition coefficient (Wildman–Crippen LogP) is 4.04. The molecule has 0 bridgehead atoms. The summed E-state index contributed by atoms with van der Waals surface area (Å²) in [6, 6.07) is 12.5. The van der Waals surface area contributed by atoms with Gasteiger partial charge >= 0.3 is 0 Å². The van der Waals surface area contributed by atoms with Crippen LogP contribution in [0.2, 0.25) is 0 Å². The summed E-state index contributed by atoms with van der Waals surface area (Å²) in [6.45, 7) is 6.16. The molecule has 0 radical (unpaired) electrons. The summed E-state index contributed by atoms with van der Waals surface area (Å²) >= 11 is 0. The van der Waals surface area contributed by atoms with Gasteiger partial charge in [-0.3, -0.25) is 4.72 Å². The number of aryl methyl sites for hydroxylation is 1. The summed E-state index contributed by atoms with van der Waals surface area (Å²) in [4.78, 5) is 2.61. The molecule has 0 aromatic heterocycles. The van der Waals surface area contributed by atoms with E-state index in [-0.39, 0.29) is 4.90 Å². The highest BCUT2D eigenvalue weighted by atomic mass is 32.2. The molecule has 26 heavy (non-hydrogen) atoms. The zero-order valence-corrected chi connectivity index (χ0v) is 16.3. The maximum absolute atomic E-state index is 12.7. The maximum Gasteiger partial charge on any atom is 0.262 e. The van der Waals surface area contributed by atoms with E-state index >= 15 is 0 Å². The summed E-state index contributed by atoms with van der Waals surface area (Å²) in [7, 11) is -2.07. The van der Waals surface area contributed by atoms with Crippen molar-refractivity contribution in [1.29, 1.82) is 0 Å². The number of hydrogen-bond acceptors (Lipinski definition) is 4. The SMILES string of the molecule is COc1ccc(S(=O)(=O)Nc2ccc(N3CCC(C)CC3)cc2)c(C)c1. The molecule has 3 rings (SSSR count). The second kappa shape index (κ2) is 7.58. The number of nitrogens with zero attached hydrogens (tertiary/aromatic N) is 1. The van der Waals surface area contributed by atoms with Gasteiger partial charge in [0.1, 0.15) is 5.75 Å². The zero-order chi connectivity index (χ0) is 18.7. The van der Waals surface area contributed by atoms with Crippen LogP contribution in [0.3, 0.4) is 0 Å². The highest BCUT2D eigenvalue weighted by molar-refractivity contribution is 7.92. The molecule has 0 spiro atoms. The molecule has 0 saturated carbocycles. The van der Waals surface area contributed by atoms with Crippen molar-refractivity contribution < 1.29 is 13.2 Å². The average Bonchev–Trinajstić information content (AvgIpc) is 2.62. The lowest BCUT2D eigenvalue weighted by atomic mass is 9.99. The van der Waals surface area contributed by atoms with Crippen LogP contribution in [-0.4, -0.2) is 28.6 Å². The Hall–Kier alpha value is -2.21. The van der Waals surface area contributed by atoms with E-state index in [4.69, 9.17) is 4.74 Å². The number of anilines is 2. The second-order valence-corrected chi connectivity index (χ2v) is 8.60. The smallest absolute Gasteiger partial charge is 0.262 e. The lowest BCUT2D eigenvalue weighted by Crippen LogP contribution is -2.32. The Labute approximate surface area is 156 Å². The monoisotopic (exact) mass is 374 g/mol. The molecule has 2 aromatic rings. The lowest BCUT2D eigenvalue weighted by Gasteiger charge is -2.32. The third-order valence-corrected chi connectivity index (χ3v) is 6.48. The average molecular weight is 375 g/mol. The van der Waals surface area contributed by atoms with Crippen molar-refractivity contribution in [3.05, 3.63) is 48.0 Å². The largest absolute Gasteiger partial charge is 0.497 e. The predicted molar refractivity (Wildman–Crippen MR) is 106 cm³/mol. The Bertz CT molecular complexity index is 855.